The number of ether oxygens (including phenoxy) is 3. The van der Waals surface area contributed by atoms with E-state index < -0.39 is 0 Å². The summed E-state index contributed by atoms with van der Waals surface area (Å²) in [5.74, 6) is 0.594. The molecule has 4 rings (SSSR count). The lowest BCUT2D eigenvalue weighted by molar-refractivity contribution is -0.0246. The van der Waals surface area contributed by atoms with Gasteiger partial charge >= 0.3 is 0 Å². The van der Waals surface area contributed by atoms with Crippen molar-refractivity contribution in [3.8, 4) is 11.5 Å². The molecule has 31 heavy (non-hydrogen) atoms. The summed E-state index contributed by atoms with van der Waals surface area (Å²) in [6.45, 7) is 5.18. The van der Waals surface area contributed by atoms with Crippen molar-refractivity contribution in [1.29, 1.82) is 0 Å². The predicted molar refractivity (Wildman–Crippen MR) is 115 cm³/mol. The minimum atomic E-state index is -0.387. The van der Waals surface area contributed by atoms with Gasteiger partial charge in [-0.2, -0.15) is 0 Å². The molecule has 0 aliphatic carbocycles. The molecule has 3 aromatic rings. The summed E-state index contributed by atoms with van der Waals surface area (Å²) in [4.78, 5) is 19.3. The second kappa shape index (κ2) is 9.14. The normalized spacial score (nSPS) is 16.2. The van der Waals surface area contributed by atoms with E-state index in [-0.39, 0.29) is 17.8 Å². The number of aromatic nitrogens is 1. The molecule has 1 amide bonds. The first-order valence-electron chi connectivity index (χ1n) is 9.97. The number of hydrogen-bond acceptors (Lipinski definition) is 5. The predicted octanol–water partition coefficient (Wildman–Crippen LogP) is 4.16. The first kappa shape index (κ1) is 20.8. The third-order valence-electron chi connectivity index (χ3n) is 5.16. The molecule has 1 aliphatic rings. The number of nitrogens with zero attached hydrogens (tertiary/aromatic N) is 2. The number of amides is 1. The minimum absolute atomic E-state index is 0.131. The molecule has 1 aromatic heterocycles. The van der Waals surface area contributed by atoms with E-state index in [9.17, 15) is 9.18 Å². The van der Waals surface area contributed by atoms with Crippen LogP contribution in [0.1, 0.15) is 22.2 Å². The number of morpholine rings is 1. The maximum atomic E-state index is 13.6. The van der Waals surface area contributed by atoms with E-state index in [4.69, 9.17) is 14.2 Å². The number of benzene rings is 2. The first-order chi connectivity index (χ1) is 15.1. The third kappa shape index (κ3) is 4.51. The molecular formula is C24H23FN2O4. The van der Waals surface area contributed by atoms with E-state index in [2.05, 4.69) is 11.6 Å². The Kier molecular flexibility index (Phi) is 6.13. The Morgan fingerprint density at radius 3 is 2.94 bits per heavy atom. The molecule has 2 heterocycles. The topological polar surface area (TPSA) is 60.9 Å². The molecule has 0 saturated carbocycles. The van der Waals surface area contributed by atoms with Gasteiger partial charge in [-0.15, -0.1) is 0 Å². The monoisotopic (exact) mass is 422 g/mol. The molecule has 160 valence electrons. The second-order valence-electron chi connectivity index (χ2n) is 7.18. The summed E-state index contributed by atoms with van der Waals surface area (Å²) in [6.07, 6.45) is 2.95. The first-order valence-corrected chi connectivity index (χ1v) is 9.97. The van der Waals surface area contributed by atoms with E-state index >= 15 is 0 Å². The average molecular weight is 422 g/mol. The number of fused-ring (bicyclic) bond motifs is 1. The largest absolute Gasteiger partial charge is 0.493 e. The van der Waals surface area contributed by atoms with Crippen molar-refractivity contribution < 1.29 is 23.4 Å². The van der Waals surface area contributed by atoms with Crippen LogP contribution in [0.2, 0.25) is 0 Å². The van der Waals surface area contributed by atoms with E-state index in [0.29, 0.717) is 49.1 Å². The Morgan fingerprint density at radius 1 is 1.26 bits per heavy atom. The van der Waals surface area contributed by atoms with Gasteiger partial charge in [-0.05, 0) is 47.9 Å². The van der Waals surface area contributed by atoms with Crippen molar-refractivity contribution in [2.24, 2.45) is 0 Å². The van der Waals surface area contributed by atoms with Crippen molar-refractivity contribution in [3.05, 3.63) is 78.4 Å². The number of methoxy groups -OCH3 is 1. The van der Waals surface area contributed by atoms with Gasteiger partial charge in [0.15, 0.2) is 11.5 Å². The van der Waals surface area contributed by atoms with Crippen molar-refractivity contribution in [3.63, 3.8) is 0 Å². The van der Waals surface area contributed by atoms with E-state index in [0.717, 1.165) is 10.8 Å². The molecule has 2 aromatic carbocycles. The van der Waals surface area contributed by atoms with E-state index in [1.165, 1.54) is 19.2 Å². The number of halogens is 1. The van der Waals surface area contributed by atoms with Gasteiger partial charge in [-0.1, -0.05) is 12.7 Å². The fourth-order valence-electron chi connectivity index (χ4n) is 3.57. The Labute approximate surface area is 179 Å². The highest BCUT2D eigenvalue weighted by molar-refractivity contribution is 5.95. The molecule has 0 N–H and O–H groups in total. The Morgan fingerprint density at radius 2 is 2.13 bits per heavy atom. The van der Waals surface area contributed by atoms with E-state index in [1.807, 2.05) is 6.07 Å². The molecule has 1 saturated heterocycles. The van der Waals surface area contributed by atoms with Crippen LogP contribution < -0.4 is 9.47 Å². The molecular weight excluding hydrogens is 399 g/mol. The van der Waals surface area contributed by atoms with Crippen molar-refractivity contribution in [2.75, 3.05) is 33.4 Å². The zero-order valence-corrected chi connectivity index (χ0v) is 17.2. The van der Waals surface area contributed by atoms with Gasteiger partial charge in [0.05, 0.1) is 26.0 Å². The van der Waals surface area contributed by atoms with Gasteiger partial charge < -0.3 is 19.1 Å². The maximum Gasteiger partial charge on any atom is 0.254 e. The zero-order valence-electron chi connectivity index (χ0n) is 17.2. The lowest BCUT2D eigenvalue weighted by atomic mass is 10.1. The molecule has 0 bridgehead atoms. The number of hydrogen-bond donors (Lipinski definition) is 0. The standard InChI is InChI=1S/C24H23FN2O4/c1-3-9-30-21-7-5-16(13-22(21)29-2)24(28)27-8-10-31-23(15-27)20-12-18-11-19(25)6-4-17(18)14-26-20/h3-7,11-14,23H,1,8-10,15H2,2H3/t23-/m0/s1. The van der Waals surface area contributed by atoms with Crippen LogP contribution in [0.5, 0.6) is 11.5 Å². The quantitative estimate of drug-likeness (QED) is 0.558. The molecule has 7 heteroatoms. The molecule has 6 nitrogen and oxygen atoms in total. The minimum Gasteiger partial charge on any atom is -0.493 e. The SMILES string of the molecule is C=CCOc1ccc(C(=O)N2CCO[C@H](c3cc4cc(F)ccc4cn3)C2)cc1OC. The zero-order chi connectivity index (χ0) is 21.8. The second-order valence-corrected chi connectivity index (χ2v) is 7.18. The molecule has 0 radical (unpaired) electrons. The molecule has 1 aliphatic heterocycles. The number of carbonyl (C=O) groups is 1. The summed E-state index contributed by atoms with van der Waals surface area (Å²) in [7, 11) is 1.53. The van der Waals surface area contributed by atoms with Gasteiger partial charge in [0, 0.05) is 23.7 Å². The molecule has 0 spiro atoms. The van der Waals surface area contributed by atoms with Crippen molar-refractivity contribution in [2.45, 2.75) is 6.10 Å². The van der Waals surface area contributed by atoms with Crippen LogP contribution >= 0.6 is 0 Å². The number of carbonyl (C=O) groups excluding carboxylic acids is 1. The fraction of sp³-hybridized carbons (Fsp3) is 0.250. The number of pyridine rings is 1. The Balaban J connectivity index is 1.53. The Hall–Kier alpha value is -3.45. The summed E-state index contributed by atoms with van der Waals surface area (Å²) in [5, 5.41) is 1.59. The lowest BCUT2D eigenvalue weighted by Crippen LogP contribution is -2.42. The van der Waals surface area contributed by atoms with Crippen LogP contribution in [0, 0.1) is 5.82 Å². The molecule has 1 fully saturated rings. The fourth-order valence-corrected chi connectivity index (χ4v) is 3.57. The van der Waals surface area contributed by atoms with Crippen LogP contribution in [0.15, 0.2) is 61.3 Å². The highest BCUT2D eigenvalue weighted by Crippen LogP contribution is 2.30. The number of rotatable bonds is 6. The van der Waals surface area contributed by atoms with E-state index in [1.54, 1.807) is 41.4 Å². The van der Waals surface area contributed by atoms with Crippen LogP contribution in [-0.4, -0.2) is 49.2 Å². The summed E-state index contributed by atoms with van der Waals surface area (Å²) in [5.41, 5.74) is 1.17. The maximum absolute atomic E-state index is 13.6. The van der Waals surface area contributed by atoms with Crippen LogP contribution in [-0.2, 0) is 4.74 Å². The van der Waals surface area contributed by atoms with Crippen molar-refractivity contribution in [1.82, 2.24) is 9.88 Å². The summed E-state index contributed by atoms with van der Waals surface area (Å²) < 4.78 is 30.4. The van der Waals surface area contributed by atoms with Crippen LogP contribution in [0.25, 0.3) is 10.8 Å². The van der Waals surface area contributed by atoms with Gasteiger partial charge in [0.1, 0.15) is 18.5 Å². The molecule has 0 unspecified atom stereocenters. The van der Waals surface area contributed by atoms with Gasteiger partial charge in [0.25, 0.3) is 5.91 Å². The smallest absolute Gasteiger partial charge is 0.254 e. The van der Waals surface area contributed by atoms with Gasteiger partial charge in [-0.3, -0.25) is 9.78 Å². The summed E-state index contributed by atoms with van der Waals surface area (Å²) in [6, 6.07) is 11.5. The lowest BCUT2D eigenvalue weighted by Gasteiger charge is -2.33. The van der Waals surface area contributed by atoms with Gasteiger partial charge in [0.2, 0.25) is 0 Å². The highest BCUT2D eigenvalue weighted by Gasteiger charge is 2.27. The van der Waals surface area contributed by atoms with Crippen molar-refractivity contribution >= 4 is 16.7 Å². The Bertz CT molecular complexity index is 1120. The average Bonchev–Trinajstić information content (AvgIpc) is 2.81. The summed E-state index contributed by atoms with van der Waals surface area (Å²) >= 11 is 0. The highest BCUT2D eigenvalue weighted by atomic mass is 19.1. The molecule has 1 atom stereocenters. The van der Waals surface area contributed by atoms with Gasteiger partial charge in [-0.25, -0.2) is 4.39 Å². The van der Waals surface area contributed by atoms with Crippen LogP contribution in [0.3, 0.4) is 0 Å². The third-order valence-corrected chi connectivity index (χ3v) is 5.16. The van der Waals surface area contributed by atoms with Crippen LogP contribution in [0.4, 0.5) is 4.39 Å².